The molecule has 1 aliphatic carbocycles. The summed E-state index contributed by atoms with van der Waals surface area (Å²) in [6.07, 6.45) is -2.68. The van der Waals surface area contributed by atoms with E-state index in [9.17, 15) is 22.8 Å². The van der Waals surface area contributed by atoms with Gasteiger partial charge in [-0.2, -0.15) is 13.2 Å². The zero-order chi connectivity index (χ0) is 14.5. The molecular formula is C11H16F3NO4. The number of carbonyl (C=O) groups is 2. The second kappa shape index (κ2) is 6.74. The summed E-state index contributed by atoms with van der Waals surface area (Å²) in [4.78, 5) is 22.0. The van der Waals surface area contributed by atoms with Gasteiger partial charge in [-0.1, -0.05) is 12.8 Å². The van der Waals surface area contributed by atoms with E-state index in [4.69, 9.17) is 9.84 Å². The molecule has 0 radical (unpaired) electrons. The third-order valence-corrected chi connectivity index (χ3v) is 2.82. The molecule has 0 saturated heterocycles. The molecule has 0 aromatic carbocycles. The Morgan fingerprint density at radius 3 is 2.37 bits per heavy atom. The average Bonchev–Trinajstić information content (AvgIpc) is 2.76. The van der Waals surface area contributed by atoms with Crippen LogP contribution in [0.3, 0.4) is 0 Å². The molecule has 0 aromatic heterocycles. The molecule has 1 unspecified atom stereocenters. The second-order valence-corrected chi connectivity index (χ2v) is 4.50. The van der Waals surface area contributed by atoms with Gasteiger partial charge in [0.15, 0.2) is 0 Å². The van der Waals surface area contributed by atoms with Crippen LogP contribution in [-0.4, -0.2) is 41.9 Å². The molecule has 1 aliphatic rings. The van der Waals surface area contributed by atoms with Gasteiger partial charge in [0.05, 0.1) is 12.5 Å². The zero-order valence-corrected chi connectivity index (χ0v) is 10.2. The molecule has 0 aliphatic heterocycles. The summed E-state index contributed by atoms with van der Waals surface area (Å²) in [6.45, 7) is -0.410. The Labute approximate surface area is 108 Å². The molecule has 2 N–H and O–H groups in total. The maximum Gasteiger partial charge on any atom is 0.391 e. The van der Waals surface area contributed by atoms with E-state index in [0.29, 0.717) is 0 Å². The zero-order valence-electron chi connectivity index (χ0n) is 10.2. The Bertz CT molecular complexity index is 326. The summed E-state index contributed by atoms with van der Waals surface area (Å²) in [5.41, 5.74) is 0. The first-order chi connectivity index (χ1) is 8.78. The molecule has 1 saturated carbocycles. The lowest BCUT2D eigenvalue weighted by atomic mass is 10.2. The SMILES string of the molecule is O=C(COC1CCCC1)NC(CC(F)(F)F)C(=O)O. The first kappa shape index (κ1) is 15.7. The van der Waals surface area contributed by atoms with Gasteiger partial charge < -0.3 is 15.2 Å². The fourth-order valence-corrected chi connectivity index (χ4v) is 1.92. The fraction of sp³-hybridized carbons (Fsp3) is 0.818. The first-order valence-corrected chi connectivity index (χ1v) is 5.98. The number of amides is 1. The molecule has 1 atom stereocenters. The number of carbonyl (C=O) groups excluding carboxylic acids is 1. The summed E-state index contributed by atoms with van der Waals surface area (Å²) in [7, 11) is 0. The molecule has 1 fully saturated rings. The van der Waals surface area contributed by atoms with Crippen molar-refractivity contribution in [3.8, 4) is 0 Å². The number of nitrogens with one attached hydrogen (secondary N) is 1. The van der Waals surface area contributed by atoms with Crippen LogP contribution < -0.4 is 5.32 Å². The van der Waals surface area contributed by atoms with E-state index in [-0.39, 0.29) is 6.10 Å². The minimum absolute atomic E-state index is 0.0587. The number of carboxylic acid groups (broad SMARTS) is 1. The predicted molar refractivity (Wildman–Crippen MR) is 58.4 cm³/mol. The summed E-state index contributed by atoms with van der Waals surface area (Å²) in [6, 6.07) is -1.97. The van der Waals surface area contributed by atoms with Crippen molar-refractivity contribution in [3.05, 3.63) is 0 Å². The van der Waals surface area contributed by atoms with E-state index >= 15 is 0 Å². The Morgan fingerprint density at radius 2 is 1.89 bits per heavy atom. The van der Waals surface area contributed by atoms with E-state index in [0.717, 1.165) is 25.7 Å². The van der Waals surface area contributed by atoms with Gasteiger partial charge in [0.1, 0.15) is 12.6 Å². The molecule has 0 bridgehead atoms. The molecule has 110 valence electrons. The van der Waals surface area contributed by atoms with Gasteiger partial charge in [0.25, 0.3) is 0 Å². The molecule has 0 heterocycles. The maximum absolute atomic E-state index is 12.1. The second-order valence-electron chi connectivity index (χ2n) is 4.50. The number of rotatable bonds is 6. The van der Waals surface area contributed by atoms with Gasteiger partial charge in [-0.05, 0) is 12.8 Å². The van der Waals surface area contributed by atoms with Crippen LogP contribution in [0.15, 0.2) is 0 Å². The van der Waals surface area contributed by atoms with Crippen LogP contribution in [0.4, 0.5) is 13.2 Å². The number of ether oxygens (including phenoxy) is 1. The van der Waals surface area contributed by atoms with Crippen molar-refractivity contribution in [3.63, 3.8) is 0 Å². The Morgan fingerprint density at radius 1 is 1.32 bits per heavy atom. The number of hydrogen-bond donors (Lipinski definition) is 2. The predicted octanol–water partition coefficient (Wildman–Crippen LogP) is 1.47. The van der Waals surface area contributed by atoms with Gasteiger partial charge in [-0.15, -0.1) is 0 Å². The molecule has 1 amide bonds. The van der Waals surface area contributed by atoms with Crippen molar-refractivity contribution in [1.82, 2.24) is 5.32 Å². The lowest BCUT2D eigenvalue weighted by Gasteiger charge is -2.17. The van der Waals surface area contributed by atoms with Gasteiger partial charge in [0.2, 0.25) is 5.91 Å². The van der Waals surface area contributed by atoms with Crippen LogP contribution in [0.1, 0.15) is 32.1 Å². The molecule has 8 heteroatoms. The molecule has 19 heavy (non-hydrogen) atoms. The number of hydrogen-bond acceptors (Lipinski definition) is 3. The van der Waals surface area contributed by atoms with Crippen molar-refractivity contribution < 1.29 is 32.6 Å². The van der Waals surface area contributed by atoms with Crippen molar-refractivity contribution in [2.45, 2.75) is 50.4 Å². The summed E-state index contributed by atoms with van der Waals surface area (Å²) < 4.78 is 41.5. The minimum atomic E-state index is -4.65. The average molecular weight is 283 g/mol. The number of halogens is 3. The van der Waals surface area contributed by atoms with Crippen LogP contribution in [0.25, 0.3) is 0 Å². The van der Waals surface area contributed by atoms with Gasteiger partial charge in [0, 0.05) is 0 Å². The van der Waals surface area contributed by atoms with Crippen LogP contribution >= 0.6 is 0 Å². The van der Waals surface area contributed by atoms with E-state index in [1.165, 1.54) is 0 Å². The summed E-state index contributed by atoms with van der Waals surface area (Å²) in [5.74, 6) is -2.56. The van der Waals surface area contributed by atoms with Crippen LogP contribution in [-0.2, 0) is 14.3 Å². The third-order valence-electron chi connectivity index (χ3n) is 2.82. The maximum atomic E-state index is 12.1. The molecule has 0 spiro atoms. The van der Waals surface area contributed by atoms with Crippen LogP contribution in [0, 0.1) is 0 Å². The first-order valence-electron chi connectivity index (χ1n) is 5.98. The molecule has 0 aromatic rings. The van der Waals surface area contributed by atoms with Crippen LogP contribution in [0.2, 0.25) is 0 Å². The van der Waals surface area contributed by atoms with E-state index in [1.807, 2.05) is 5.32 Å². The third kappa shape index (κ3) is 6.42. The van der Waals surface area contributed by atoms with Gasteiger partial charge >= 0.3 is 12.1 Å². The highest BCUT2D eigenvalue weighted by molar-refractivity contribution is 5.84. The van der Waals surface area contributed by atoms with Gasteiger partial charge in [-0.3, -0.25) is 4.79 Å². The highest BCUT2D eigenvalue weighted by atomic mass is 19.4. The molecule has 1 rings (SSSR count). The monoisotopic (exact) mass is 283 g/mol. The quantitative estimate of drug-likeness (QED) is 0.774. The smallest absolute Gasteiger partial charge is 0.391 e. The Hall–Kier alpha value is -1.31. The van der Waals surface area contributed by atoms with E-state index in [1.54, 1.807) is 0 Å². The number of aliphatic carboxylic acids is 1. The van der Waals surface area contributed by atoms with Crippen molar-refractivity contribution >= 4 is 11.9 Å². The van der Waals surface area contributed by atoms with E-state index < -0.39 is 37.1 Å². The standard InChI is InChI=1S/C11H16F3NO4/c12-11(13,14)5-8(10(17)18)15-9(16)6-19-7-3-1-2-4-7/h7-8H,1-6H2,(H,15,16)(H,17,18). The Kier molecular flexibility index (Phi) is 5.59. The lowest BCUT2D eigenvalue weighted by Crippen LogP contribution is -2.45. The fourth-order valence-electron chi connectivity index (χ4n) is 1.92. The number of alkyl halides is 3. The summed E-state index contributed by atoms with van der Waals surface area (Å²) in [5, 5.41) is 10.4. The van der Waals surface area contributed by atoms with E-state index in [2.05, 4.69) is 0 Å². The molecular weight excluding hydrogens is 267 g/mol. The lowest BCUT2D eigenvalue weighted by molar-refractivity contribution is -0.160. The Balaban J connectivity index is 2.36. The van der Waals surface area contributed by atoms with Crippen molar-refractivity contribution in [2.75, 3.05) is 6.61 Å². The van der Waals surface area contributed by atoms with Crippen molar-refractivity contribution in [2.24, 2.45) is 0 Å². The largest absolute Gasteiger partial charge is 0.480 e. The number of carboxylic acids is 1. The highest BCUT2D eigenvalue weighted by Gasteiger charge is 2.36. The normalized spacial score (nSPS) is 18.3. The topological polar surface area (TPSA) is 75.6 Å². The highest BCUT2D eigenvalue weighted by Crippen LogP contribution is 2.22. The van der Waals surface area contributed by atoms with Crippen LogP contribution in [0.5, 0.6) is 0 Å². The molecule has 5 nitrogen and oxygen atoms in total. The van der Waals surface area contributed by atoms with Crippen molar-refractivity contribution in [1.29, 1.82) is 0 Å². The minimum Gasteiger partial charge on any atom is -0.480 e. The van der Waals surface area contributed by atoms with Gasteiger partial charge in [-0.25, -0.2) is 4.79 Å². The summed E-state index contributed by atoms with van der Waals surface area (Å²) >= 11 is 0.